The molecule has 1 N–H and O–H groups in total. The van der Waals surface area contributed by atoms with Crippen molar-refractivity contribution in [3.63, 3.8) is 0 Å². The Bertz CT molecular complexity index is 540. The minimum atomic E-state index is -0.188. The van der Waals surface area contributed by atoms with Gasteiger partial charge in [-0.05, 0) is 38.6 Å². The molecule has 0 aliphatic carbocycles. The van der Waals surface area contributed by atoms with Gasteiger partial charge in [-0.15, -0.1) is 11.3 Å². The quantitative estimate of drug-likeness (QED) is 0.916. The van der Waals surface area contributed by atoms with Crippen molar-refractivity contribution in [3.8, 4) is 0 Å². The Labute approximate surface area is 115 Å². The van der Waals surface area contributed by atoms with Crippen LogP contribution in [0.4, 0.5) is 4.39 Å². The monoisotopic (exact) mass is 282 g/mol. The molecule has 2 aromatic rings. The Morgan fingerprint density at radius 3 is 2.78 bits per heavy atom. The molecule has 1 atom stereocenters. The fourth-order valence-corrected chi connectivity index (χ4v) is 3.31. The first kappa shape index (κ1) is 13.5. The summed E-state index contributed by atoms with van der Waals surface area (Å²) in [5, 5.41) is 5.07. The fraction of sp³-hybridized carbons (Fsp3) is 0.308. The molecule has 5 heteroatoms. The average molecular weight is 282 g/mol. The number of rotatable bonds is 4. The van der Waals surface area contributed by atoms with E-state index < -0.39 is 0 Å². The second-order valence-electron chi connectivity index (χ2n) is 4.06. The third-order valence-corrected chi connectivity index (χ3v) is 4.79. The Morgan fingerprint density at radius 2 is 2.22 bits per heavy atom. The van der Waals surface area contributed by atoms with Crippen molar-refractivity contribution in [2.75, 3.05) is 7.05 Å². The molecule has 0 saturated heterocycles. The van der Waals surface area contributed by atoms with Crippen LogP contribution >= 0.6 is 23.1 Å². The van der Waals surface area contributed by atoms with Gasteiger partial charge in [-0.3, -0.25) is 0 Å². The minimum absolute atomic E-state index is 0.153. The number of benzene rings is 1. The molecule has 18 heavy (non-hydrogen) atoms. The molecule has 0 bridgehead atoms. The van der Waals surface area contributed by atoms with E-state index in [1.165, 1.54) is 11.8 Å². The predicted octanol–water partition coefficient (Wildman–Crippen LogP) is 4.02. The largest absolute Gasteiger partial charge is 0.313 e. The second kappa shape index (κ2) is 5.82. The van der Waals surface area contributed by atoms with E-state index in [0.29, 0.717) is 4.90 Å². The lowest BCUT2D eigenvalue weighted by Crippen LogP contribution is -2.12. The van der Waals surface area contributed by atoms with Gasteiger partial charge in [0.25, 0.3) is 0 Å². The number of aromatic nitrogens is 1. The van der Waals surface area contributed by atoms with E-state index in [1.807, 2.05) is 38.4 Å². The second-order valence-corrected chi connectivity index (χ2v) is 6.20. The van der Waals surface area contributed by atoms with Gasteiger partial charge in [0, 0.05) is 17.1 Å². The highest BCUT2D eigenvalue weighted by molar-refractivity contribution is 8.01. The van der Waals surface area contributed by atoms with Crippen LogP contribution < -0.4 is 5.32 Å². The maximum Gasteiger partial charge on any atom is 0.154 e. The summed E-state index contributed by atoms with van der Waals surface area (Å²) in [4.78, 5) is 4.94. The molecule has 1 aromatic heterocycles. The zero-order valence-electron chi connectivity index (χ0n) is 10.5. The van der Waals surface area contributed by atoms with E-state index in [0.717, 1.165) is 15.6 Å². The molecular weight excluding hydrogens is 267 g/mol. The molecule has 0 aliphatic heterocycles. The van der Waals surface area contributed by atoms with Crippen LogP contribution in [0.15, 0.2) is 32.8 Å². The first-order valence-corrected chi connectivity index (χ1v) is 7.36. The minimum Gasteiger partial charge on any atom is -0.313 e. The summed E-state index contributed by atoms with van der Waals surface area (Å²) in [7, 11) is 1.86. The van der Waals surface area contributed by atoms with Crippen molar-refractivity contribution in [1.82, 2.24) is 10.3 Å². The van der Waals surface area contributed by atoms with Crippen LogP contribution in [0.3, 0.4) is 0 Å². The third-order valence-electron chi connectivity index (χ3n) is 2.68. The van der Waals surface area contributed by atoms with Crippen LogP contribution in [0.2, 0.25) is 0 Å². The molecule has 0 saturated carbocycles. The summed E-state index contributed by atoms with van der Waals surface area (Å²) in [6.07, 6.45) is 0. The molecule has 1 unspecified atom stereocenters. The summed E-state index contributed by atoms with van der Waals surface area (Å²) in [6, 6.07) is 5.51. The lowest BCUT2D eigenvalue weighted by atomic mass is 10.1. The number of nitrogens with zero attached hydrogens (tertiary/aromatic N) is 1. The van der Waals surface area contributed by atoms with E-state index in [1.54, 1.807) is 17.4 Å². The maximum absolute atomic E-state index is 14.0. The van der Waals surface area contributed by atoms with E-state index in [4.69, 9.17) is 0 Å². The van der Waals surface area contributed by atoms with Gasteiger partial charge >= 0.3 is 0 Å². The third kappa shape index (κ3) is 3.10. The first-order chi connectivity index (χ1) is 8.60. The van der Waals surface area contributed by atoms with Crippen LogP contribution in [-0.2, 0) is 0 Å². The highest BCUT2D eigenvalue weighted by atomic mass is 32.2. The molecule has 2 rings (SSSR count). The van der Waals surface area contributed by atoms with Gasteiger partial charge < -0.3 is 5.32 Å². The predicted molar refractivity (Wildman–Crippen MR) is 74.8 cm³/mol. The number of aryl methyl sites for hydroxylation is 1. The number of halogens is 1. The highest BCUT2D eigenvalue weighted by Gasteiger charge is 2.10. The van der Waals surface area contributed by atoms with E-state index in [9.17, 15) is 4.39 Å². The lowest BCUT2D eigenvalue weighted by Gasteiger charge is -2.11. The van der Waals surface area contributed by atoms with Crippen LogP contribution in [0.5, 0.6) is 0 Å². The summed E-state index contributed by atoms with van der Waals surface area (Å²) in [6.45, 7) is 3.94. The van der Waals surface area contributed by atoms with Crippen LogP contribution in [-0.4, -0.2) is 12.0 Å². The zero-order valence-corrected chi connectivity index (χ0v) is 12.2. The topological polar surface area (TPSA) is 24.9 Å². The Morgan fingerprint density at radius 1 is 1.44 bits per heavy atom. The fourth-order valence-electron chi connectivity index (χ4n) is 1.51. The van der Waals surface area contributed by atoms with Gasteiger partial charge in [-0.1, -0.05) is 17.8 Å². The number of hydrogen-bond donors (Lipinski definition) is 1. The smallest absolute Gasteiger partial charge is 0.154 e. The SMILES string of the molecule is CNC(C)c1ccc(Sc2nc(C)cs2)c(F)c1. The molecule has 0 fully saturated rings. The number of nitrogens with one attached hydrogen (secondary N) is 1. The van der Waals surface area contributed by atoms with Crippen molar-refractivity contribution >= 4 is 23.1 Å². The van der Waals surface area contributed by atoms with Crippen LogP contribution in [0, 0.1) is 12.7 Å². The van der Waals surface area contributed by atoms with Gasteiger partial charge in [-0.25, -0.2) is 9.37 Å². The van der Waals surface area contributed by atoms with Crippen molar-refractivity contribution in [1.29, 1.82) is 0 Å². The standard InChI is InChI=1S/C13H15FN2S2/c1-8-7-17-13(16-8)18-12-5-4-10(6-11(12)14)9(2)15-3/h4-7,9,15H,1-3H3. The summed E-state index contributed by atoms with van der Waals surface area (Å²) in [5.41, 5.74) is 1.93. The van der Waals surface area contributed by atoms with Gasteiger partial charge in [0.05, 0.1) is 4.90 Å². The number of hydrogen-bond acceptors (Lipinski definition) is 4. The zero-order chi connectivity index (χ0) is 13.1. The van der Waals surface area contributed by atoms with Gasteiger partial charge in [0.2, 0.25) is 0 Å². The summed E-state index contributed by atoms with van der Waals surface area (Å²) >= 11 is 2.92. The molecule has 96 valence electrons. The van der Waals surface area contributed by atoms with Gasteiger partial charge in [0.15, 0.2) is 4.34 Å². The Hall–Kier alpha value is -0.910. The van der Waals surface area contributed by atoms with E-state index in [-0.39, 0.29) is 11.9 Å². The molecule has 1 heterocycles. The summed E-state index contributed by atoms with van der Waals surface area (Å²) < 4.78 is 14.8. The highest BCUT2D eigenvalue weighted by Crippen LogP contribution is 2.32. The van der Waals surface area contributed by atoms with Crippen molar-refractivity contribution in [3.05, 3.63) is 40.7 Å². The molecule has 0 radical (unpaired) electrons. The van der Waals surface area contributed by atoms with Crippen molar-refractivity contribution in [2.45, 2.75) is 29.1 Å². The average Bonchev–Trinajstić information content (AvgIpc) is 2.76. The first-order valence-electron chi connectivity index (χ1n) is 5.67. The molecule has 0 spiro atoms. The summed E-state index contributed by atoms with van der Waals surface area (Å²) in [5.74, 6) is -0.188. The lowest BCUT2D eigenvalue weighted by molar-refractivity contribution is 0.587. The van der Waals surface area contributed by atoms with Crippen molar-refractivity contribution < 1.29 is 4.39 Å². The van der Waals surface area contributed by atoms with Gasteiger partial charge in [-0.2, -0.15) is 0 Å². The molecule has 1 aromatic carbocycles. The van der Waals surface area contributed by atoms with E-state index >= 15 is 0 Å². The normalized spacial score (nSPS) is 12.7. The van der Waals surface area contributed by atoms with Crippen LogP contribution in [0.1, 0.15) is 24.2 Å². The molecule has 0 amide bonds. The Kier molecular flexibility index (Phi) is 4.37. The molecule has 2 nitrogen and oxygen atoms in total. The van der Waals surface area contributed by atoms with Crippen LogP contribution in [0.25, 0.3) is 0 Å². The van der Waals surface area contributed by atoms with Crippen molar-refractivity contribution in [2.24, 2.45) is 0 Å². The molecule has 0 aliphatic rings. The van der Waals surface area contributed by atoms with Gasteiger partial charge in [0.1, 0.15) is 5.82 Å². The van der Waals surface area contributed by atoms with E-state index in [2.05, 4.69) is 10.3 Å². The molecular formula is C13H15FN2S2. The maximum atomic E-state index is 14.0. The Balaban J connectivity index is 2.19. The number of thiazole rings is 1.